The maximum Gasteiger partial charge on any atom is 0.516 e. The number of carbonyl (C=O) groups is 7. The zero-order chi connectivity index (χ0) is 62.3. The predicted octanol–water partition coefficient (Wildman–Crippen LogP) is 13.0. The van der Waals surface area contributed by atoms with Gasteiger partial charge in [0.05, 0.1) is 19.8 Å². The van der Waals surface area contributed by atoms with Crippen LogP contribution in [0.4, 0.5) is 9.59 Å². The van der Waals surface area contributed by atoms with Gasteiger partial charge >= 0.3 is 42.2 Å². The van der Waals surface area contributed by atoms with Gasteiger partial charge in [-0.25, -0.2) is 24.2 Å². The molecule has 0 aromatic rings. The van der Waals surface area contributed by atoms with Crippen molar-refractivity contribution in [3.63, 3.8) is 0 Å². The number of hydroxylamine groups is 3. The Labute approximate surface area is 495 Å². The number of hydrogen-bond acceptors (Lipinski definition) is 18. The molecule has 0 bridgehead atoms. The van der Waals surface area contributed by atoms with Crippen LogP contribution < -0.4 is 0 Å². The normalized spacial score (nSPS) is 28.7. The van der Waals surface area contributed by atoms with Crippen LogP contribution in [0.15, 0.2) is 4.99 Å². The second-order valence-corrected chi connectivity index (χ2v) is 30.3. The van der Waals surface area contributed by atoms with Gasteiger partial charge in [0.1, 0.15) is 44.4 Å². The molecule has 4 aliphatic rings. The predicted molar refractivity (Wildman–Crippen MR) is 307 cm³/mol. The third-order valence-corrected chi connectivity index (χ3v) is 18.5. The van der Waals surface area contributed by atoms with Crippen LogP contribution in [0.2, 0.25) is 0 Å². The van der Waals surface area contributed by atoms with Crippen molar-refractivity contribution < 1.29 is 81.0 Å². The summed E-state index contributed by atoms with van der Waals surface area (Å²) in [6.07, 6.45) is 11.6. The standard InChI is InChI=1S/C64H104N3O16/c1-16-67(17-2,18-3)83-54(73)64(15,41-78-50(69)21-23-62(13)32-47(29-59(8,9)38-62)35-76-55(74)81-51(70)20-19-45-25-49(80-43-65)34-57(4,5)27-45)42-79-53(72)26-46-28-58(6,7)37-61(12,31-46)24-22-52(71)82-56(75)77-36-48-30-60(10,11)39-63(14,33-48)40-66-44-68/h45-49H,16-42H2,1-15H3/q+1. The van der Waals surface area contributed by atoms with Crippen molar-refractivity contribution in [1.82, 2.24) is 0 Å². The van der Waals surface area contributed by atoms with Crippen LogP contribution in [0.1, 0.15) is 226 Å². The van der Waals surface area contributed by atoms with E-state index in [-0.39, 0.29) is 111 Å². The van der Waals surface area contributed by atoms with E-state index in [1.165, 1.54) is 0 Å². The minimum atomic E-state index is -1.55. The minimum absolute atomic E-state index is 0.00876. The summed E-state index contributed by atoms with van der Waals surface area (Å²) in [6.45, 7) is 31.8. The van der Waals surface area contributed by atoms with Gasteiger partial charge in [-0.05, 0) is 186 Å². The summed E-state index contributed by atoms with van der Waals surface area (Å²) in [6, 6.07) is 0. The van der Waals surface area contributed by atoms with E-state index in [0.29, 0.717) is 77.5 Å². The SMILES string of the molecule is CC[N+](CC)(CC)OC(=O)C(C)(COC(=O)CCC1(C)CC(COC(=O)OC(=O)CCC2CC(OC#N)CC(C)(C)C2)CC(C)(C)C1)COC(=O)CC1CC(C)(C)CC(C)(CCC(=O)OC(=O)OCC2CC(C)(C)CC(C)(CN=C=O)C2)C1. The third kappa shape index (κ3) is 23.4. The van der Waals surface area contributed by atoms with Gasteiger partial charge in [0.25, 0.3) is 6.26 Å². The van der Waals surface area contributed by atoms with Crippen LogP contribution in [-0.2, 0) is 66.8 Å². The molecule has 4 aliphatic carbocycles. The van der Waals surface area contributed by atoms with E-state index in [9.17, 15) is 38.4 Å². The second kappa shape index (κ2) is 29.3. The molecule has 0 spiro atoms. The quantitative estimate of drug-likeness (QED) is 0.0108. The fraction of sp³-hybridized carbons (Fsp3) is 0.859. The van der Waals surface area contributed by atoms with E-state index in [1.54, 1.807) is 19.3 Å². The van der Waals surface area contributed by atoms with Crippen molar-refractivity contribution in [2.24, 2.45) is 72.0 Å². The van der Waals surface area contributed by atoms with Crippen molar-refractivity contribution in [2.45, 2.75) is 232 Å². The van der Waals surface area contributed by atoms with E-state index in [1.807, 2.05) is 20.8 Å². The molecular formula is C64H104N3O16+. The summed E-state index contributed by atoms with van der Waals surface area (Å²) < 4.78 is 38.2. The van der Waals surface area contributed by atoms with Gasteiger partial charge in [0, 0.05) is 25.7 Å². The summed E-state index contributed by atoms with van der Waals surface area (Å²) in [7, 11) is 0. The number of ether oxygens (including phenoxy) is 7. The van der Waals surface area contributed by atoms with Crippen LogP contribution in [0.25, 0.3) is 0 Å². The summed E-state index contributed by atoms with van der Waals surface area (Å²) in [5, 5.41) is 9.04. The van der Waals surface area contributed by atoms with Gasteiger partial charge in [-0.3, -0.25) is 24.0 Å². The van der Waals surface area contributed by atoms with Crippen molar-refractivity contribution >= 4 is 48.2 Å². The Morgan fingerprint density at radius 1 is 0.554 bits per heavy atom. The fourth-order valence-corrected chi connectivity index (χ4v) is 16.1. The molecule has 470 valence electrons. The number of esters is 4. The van der Waals surface area contributed by atoms with Gasteiger partial charge < -0.3 is 33.2 Å². The summed E-state index contributed by atoms with van der Waals surface area (Å²) in [5.74, 6) is -3.09. The highest BCUT2D eigenvalue weighted by molar-refractivity contribution is 5.82. The number of nitriles is 1. The van der Waals surface area contributed by atoms with Crippen LogP contribution in [0, 0.1) is 78.5 Å². The average Bonchev–Trinajstić information content (AvgIpc) is 3.43. The van der Waals surface area contributed by atoms with Crippen LogP contribution in [0.3, 0.4) is 0 Å². The lowest BCUT2D eigenvalue weighted by atomic mass is 9.59. The Balaban J connectivity index is 1.30. The van der Waals surface area contributed by atoms with Gasteiger partial charge in [-0.1, -0.05) is 76.2 Å². The van der Waals surface area contributed by atoms with E-state index >= 15 is 0 Å². The fourth-order valence-electron chi connectivity index (χ4n) is 16.1. The molecule has 0 aliphatic heterocycles. The number of isocyanates is 1. The lowest BCUT2D eigenvalue weighted by molar-refractivity contribution is -1.09. The first-order chi connectivity index (χ1) is 38.4. The van der Waals surface area contributed by atoms with E-state index in [2.05, 4.69) is 81.2 Å². The smallest absolute Gasteiger partial charge is 0.464 e. The lowest BCUT2D eigenvalue weighted by Crippen LogP contribution is -2.53. The maximum atomic E-state index is 14.2. The molecular weight excluding hydrogens is 1070 g/mol. The lowest BCUT2D eigenvalue weighted by Gasteiger charge is -2.46. The number of rotatable bonds is 27. The van der Waals surface area contributed by atoms with Gasteiger partial charge in [0.2, 0.25) is 6.08 Å². The number of hydrogen-bond donors (Lipinski definition) is 0. The molecule has 19 nitrogen and oxygen atoms in total. The molecule has 19 heteroatoms. The molecule has 0 heterocycles. The minimum Gasteiger partial charge on any atom is -0.464 e. The molecule has 9 unspecified atom stereocenters. The summed E-state index contributed by atoms with van der Waals surface area (Å²) in [5.41, 5.74) is -2.97. The highest BCUT2D eigenvalue weighted by Gasteiger charge is 2.48. The van der Waals surface area contributed by atoms with Crippen molar-refractivity contribution in [3.05, 3.63) is 0 Å². The molecule has 0 radical (unpaired) electrons. The molecule has 4 rings (SSSR count). The first-order valence-corrected chi connectivity index (χ1v) is 30.7. The maximum absolute atomic E-state index is 14.2. The average molecular weight is 1170 g/mol. The third-order valence-electron chi connectivity index (χ3n) is 18.5. The number of aliphatic imine (C=N–C) groups is 1. The van der Waals surface area contributed by atoms with Crippen molar-refractivity contribution in [3.8, 4) is 6.26 Å². The highest BCUT2D eigenvalue weighted by Crippen LogP contribution is 2.53. The number of nitrogens with zero attached hydrogens (tertiary/aromatic N) is 3. The zero-order valence-electron chi connectivity index (χ0n) is 53.4. The molecule has 0 amide bonds. The van der Waals surface area contributed by atoms with Crippen molar-refractivity contribution in [1.29, 1.82) is 5.26 Å². The molecule has 0 saturated heterocycles. The molecule has 0 N–H and O–H groups in total. The molecule has 0 aromatic heterocycles. The summed E-state index contributed by atoms with van der Waals surface area (Å²) >= 11 is 0. The first-order valence-electron chi connectivity index (χ1n) is 30.7. The van der Waals surface area contributed by atoms with Crippen LogP contribution in [0.5, 0.6) is 0 Å². The monoisotopic (exact) mass is 1170 g/mol. The van der Waals surface area contributed by atoms with Gasteiger partial charge in [-0.2, -0.15) is 5.26 Å². The Morgan fingerprint density at radius 3 is 1.51 bits per heavy atom. The second-order valence-electron chi connectivity index (χ2n) is 30.3. The van der Waals surface area contributed by atoms with Crippen LogP contribution in [-0.4, -0.2) is 112 Å². The largest absolute Gasteiger partial charge is 0.516 e. The Kier molecular flexibility index (Phi) is 24.9. The van der Waals surface area contributed by atoms with Crippen molar-refractivity contribution in [2.75, 3.05) is 52.6 Å². The van der Waals surface area contributed by atoms with E-state index in [4.69, 9.17) is 43.3 Å². The number of quaternary nitrogens is 1. The van der Waals surface area contributed by atoms with Crippen LogP contribution >= 0.6 is 0 Å². The molecule has 0 aromatic carbocycles. The van der Waals surface area contributed by atoms with Gasteiger partial charge in [0.15, 0.2) is 0 Å². The van der Waals surface area contributed by atoms with Gasteiger partial charge in [-0.15, -0.1) is 4.65 Å². The number of carbonyl (C=O) groups excluding carboxylic acids is 8. The topological polar surface area (TPSA) is 247 Å². The molecule has 4 fully saturated rings. The van der Waals surface area contributed by atoms with E-state index in [0.717, 1.165) is 44.9 Å². The Hall–Kier alpha value is -5.08. The zero-order valence-corrected chi connectivity index (χ0v) is 53.4. The Bertz CT molecular complexity index is 2340. The van der Waals surface area contributed by atoms with E-state index < -0.39 is 60.8 Å². The highest BCUT2D eigenvalue weighted by atomic mass is 16.8. The first kappa shape index (κ1) is 70.4. The molecule has 9 atom stereocenters. The summed E-state index contributed by atoms with van der Waals surface area (Å²) in [4.78, 5) is 114. The molecule has 83 heavy (non-hydrogen) atoms. The molecule has 4 saturated carbocycles. The Morgan fingerprint density at radius 2 is 1.00 bits per heavy atom.